The highest BCUT2D eigenvalue weighted by atomic mass is 16.5. The summed E-state index contributed by atoms with van der Waals surface area (Å²) < 4.78 is 5.07. The lowest BCUT2D eigenvalue weighted by molar-refractivity contribution is -0.164. The van der Waals surface area contributed by atoms with E-state index in [1.807, 2.05) is 0 Å². The van der Waals surface area contributed by atoms with E-state index in [4.69, 9.17) is 14.9 Å². The summed E-state index contributed by atoms with van der Waals surface area (Å²) in [6, 6.07) is 0. The quantitative estimate of drug-likeness (QED) is 0.392. The van der Waals surface area contributed by atoms with Crippen LogP contribution in [0.4, 0.5) is 0 Å². The van der Waals surface area contributed by atoms with Crippen molar-refractivity contribution in [1.82, 2.24) is 0 Å². The van der Waals surface area contributed by atoms with Crippen LogP contribution in [-0.4, -0.2) is 46.6 Å². The molecule has 0 amide bonds. The van der Waals surface area contributed by atoms with Crippen LogP contribution < -0.4 is 0 Å². The second-order valence-electron chi connectivity index (χ2n) is 5.03. The van der Waals surface area contributed by atoms with Crippen molar-refractivity contribution in [3.8, 4) is 0 Å². The van der Waals surface area contributed by atoms with Gasteiger partial charge >= 0.3 is 11.9 Å². The number of ether oxygens (including phenoxy) is 1. The van der Waals surface area contributed by atoms with E-state index in [1.54, 1.807) is 13.8 Å². The Kier molecular flexibility index (Phi) is 9.16. The Morgan fingerprint density at radius 3 is 2.25 bits per heavy atom. The predicted molar refractivity (Wildman–Crippen MR) is 73.2 cm³/mol. The number of carboxylic acid groups (broad SMARTS) is 1. The molecule has 0 aliphatic carbocycles. The third-order valence-electron chi connectivity index (χ3n) is 3.63. The van der Waals surface area contributed by atoms with E-state index >= 15 is 0 Å². The molecule has 0 aromatic rings. The van der Waals surface area contributed by atoms with Gasteiger partial charge in [-0.05, 0) is 32.1 Å². The molecular weight excluding hydrogens is 264 g/mol. The van der Waals surface area contributed by atoms with Crippen molar-refractivity contribution in [2.24, 2.45) is 5.41 Å². The van der Waals surface area contributed by atoms with Gasteiger partial charge in [-0.3, -0.25) is 9.59 Å². The Hall–Kier alpha value is -1.14. The zero-order valence-electron chi connectivity index (χ0n) is 12.3. The molecule has 0 saturated heterocycles. The van der Waals surface area contributed by atoms with Crippen LogP contribution in [0.2, 0.25) is 0 Å². The first-order valence-corrected chi connectivity index (χ1v) is 7.09. The standard InChI is InChI=1S/C14H26O6/c1-3-14(4-2,9-12(17)18)13(19)20-10-11(16)7-5-6-8-15/h11,15-16H,3-10H2,1-2H3,(H,17,18). The van der Waals surface area contributed by atoms with Gasteiger partial charge in [0.05, 0.1) is 17.9 Å². The molecule has 0 bridgehead atoms. The van der Waals surface area contributed by atoms with Crippen LogP contribution in [0.3, 0.4) is 0 Å². The molecule has 0 rings (SSSR count). The number of carbonyl (C=O) groups excluding carboxylic acids is 1. The first-order chi connectivity index (χ1) is 9.41. The minimum atomic E-state index is -1.03. The van der Waals surface area contributed by atoms with Gasteiger partial charge in [0.1, 0.15) is 6.61 Å². The van der Waals surface area contributed by atoms with Crippen molar-refractivity contribution >= 4 is 11.9 Å². The molecular formula is C14H26O6. The summed E-state index contributed by atoms with van der Waals surface area (Å²) in [5.74, 6) is -1.60. The van der Waals surface area contributed by atoms with Crippen molar-refractivity contribution in [1.29, 1.82) is 0 Å². The maximum absolute atomic E-state index is 12.1. The Labute approximate surface area is 119 Å². The van der Waals surface area contributed by atoms with Gasteiger partial charge in [-0.1, -0.05) is 13.8 Å². The molecule has 1 atom stereocenters. The fourth-order valence-electron chi connectivity index (χ4n) is 2.05. The van der Waals surface area contributed by atoms with Gasteiger partial charge < -0.3 is 20.1 Å². The van der Waals surface area contributed by atoms with E-state index in [0.29, 0.717) is 32.1 Å². The molecule has 0 aromatic heterocycles. The van der Waals surface area contributed by atoms with E-state index in [1.165, 1.54) is 0 Å². The molecule has 0 saturated carbocycles. The third kappa shape index (κ3) is 6.34. The zero-order chi connectivity index (χ0) is 15.6. The zero-order valence-corrected chi connectivity index (χ0v) is 12.3. The topological polar surface area (TPSA) is 104 Å². The molecule has 1 unspecified atom stereocenters. The highest BCUT2D eigenvalue weighted by Gasteiger charge is 2.39. The van der Waals surface area contributed by atoms with E-state index in [-0.39, 0.29) is 19.6 Å². The summed E-state index contributed by atoms with van der Waals surface area (Å²) in [4.78, 5) is 22.9. The normalized spacial score (nSPS) is 13.0. The lowest BCUT2D eigenvalue weighted by Crippen LogP contribution is -2.36. The average Bonchev–Trinajstić information content (AvgIpc) is 2.42. The van der Waals surface area contributed by atoms with Crippen molar-refractivity contribution < 1.29 is 29.6 Å². The van der Waals surface area contributed by atoms with Gasteiger partial charge in [0.15, 0.2) is 0 Å². The number of carbonyl (C=O) groups is 2. The SMILES string of the molecule is CCC(CC)(CC(=O)O)C(=O)OCC(O)CCCCO. The van der Waals surface area contributed by atoms with Crippen LogP contribution in [0, 0.1) is 5.41 Å². The van der Waals surface area contributed by atoms with Crippen molar-refractivity contribution in [3.63, 3.8) is 0 Å². The van der Waals surface area contributed by atoms with Gasteiger partial charge in [-0.25, -0.2) is 0 Å². The molecule has 20 heavy (non-hydrogen) atoms. The lowest BCUT2D eigenvalue weighted by atomic mass is 9.79. The molecule has 118 valence electrons. The fraction of sp³-hybridized carbons (Fsp3) is 0.857. The highest BCUT2D eigenvalue weighted by Crippen LogP contribution is 2.32. The van der Waals surface area contributed by atoms with Crippen molar-refractivity contribution in [3.05, 3.63) is 0 Å². The Balaban J connectivity index is 4.36. The molecule has 0 spiro atoms. The Morgan fingerprint density at radius 1 is 1.20 bits per heavy atom. The van der Waals surface area contributed by atoms with E-state index in [9.17, 15) is 14.7 Å². The van der Waals surface area contributed by atoms with Gasteiger partial charge in [0.2, 0.25) is 0 Å². The summed E-state index contributed by atoms with van der Waals surface area (Å²) >= 11 is 0. The van der Waals surface area contributed by atoms with Gasteiger partial charge in [-0.2, -0.15) is 0 Å². The van der Waals surface area contributed by atoms with Gasteiger partial charge in [0.25, 0.3) is 0 Å². The van der Waals surface area contributed by atoms with Gasteiger partial charge in [-0.15, -0.1) is 0 Å². The Bertz CT molecular complexity index is 298. The monoisotopic (exact) mass is 290 g/mol. The number of unbranched alkanes of at least 4 members (excludes halogenated alkanes) is 1. The molecule has 0 heterocycles. The number of aliphatic hydroxyl groups is 2. The molecule has 0 radical (unpaired) electrons. The molecule has 3 N–H and O–H groups in total. The number of hydrogen-bond donors (Lipinski definition) is 3. The molecule has 6 nitrogen and oxygen atoms in total. The van der Waals surface area contributed by atoms with Crippen molar-refractivity contribution in [2.75, 3.05) is 13.2 Å². The van der Waals surface area contributed by atoms with E-state index in [2.05, 4.69) is 0 Å². The number of rotatable bonds is 11. The van der Waals surface area contributed by atoms with Crippen LogP contribution in [0.15, 0.2) is 0 Å². The largest absolute Gasteiger partial charge is 0.481 e. The number of esters is 1. The van der Waals surface area contributed by atoms with E-state index < -0.39 is 23.5 Å². The van der Waals surface area contributed by atoms with Crippen LogP contribution in [0.5, 0.6) is 0 Å². The second kappa shape index (κ2) is 9.72. The highest BCUT2D eigenvalue weighted by molar-refractivity contribution is 5.82. The Morgan fingerprint density at radius 2 is 1.80 bits per heavy atom. The smallest absolute Gasteiger partial charge is 0.312 e. The molecule has 0 aliphatic rings. The number of hydrogen-bond acceptors (Lipinski definition) is 5. The van der Waals surface area contributed by atoms with Gasteiger partial charge in [0, 0.05) is 6.61 Å². The second-order valence-corrected chi connectivity index (χ2v) is 5.03. The third-order valence-corrected chi connectivity index (χ3v) is 3.63. The average molecular weight is 290 g/mol. The molecule has 0 aromatic carbocycles. The first-order valence-electron chi connectivity index (χ1n) is 7.09. The summed E-state index contributed by atoms with van der Waals surface area (Å²) in [5, 5.41) is 27.2. The molecule has 0 aliphatic heterocycles. The summed E-state index contributed by atoms with van der Waals surface area (Å²) in [6.07, 6.45) is 1.42. The summed E-state index contributed by atoms with van der Waals surface area (Å²) in [7, 11) is 0. The fourth-order valence-corrected chi connectivity index (χ4v) is 2.05. The number of aliphatic hydroxyl groups excluding tert-OH is 2. The predicted octanol–water partition coefficient (Wildman–Crippen LogP) is 1.33. The summed E-state index contributed by atoms with van der Waals surface area (Å²) in [6.45, 7) is 3.45. The molecule has 0 fully saturated rings. The maximum atomic E-state index is 12.1. The number of carboxylic acids is 1. The first kappa shape index (κ1) is 18.9. The number of aliphatic carboxylic acids is 1. The van der Waals surface area contributed by atoms with Crippen LogP contribution >= 0.6 is 0 Å². The minimum Gasteiger partial charge on any atom is -0.481 e. The lowest BCUT2D eigenvalue weighted by Gasteiger charge is -2.27. The van der Waals surface area contributed by atoms with E-state index in [0.717, 1.165) is 0 Å². The van der Waals surface area contributed by atoms with Crippen molar-refractivity contribution in [2.45, 2.75) is 58.5 Å². The minimum absolute atomic E-state index is 0.0693. The van der Waals surface area contributed by atoms with Crippen LogP contribution in [-0.2, 0) is 14.3 Å². The maximum Gasteiger partial charge on any atom is 0.312 e. The van der Waals surface area contributed by atoms with Crippen LogP contribution in [0.25, 0.3) is 0 Å². The molecule has 6 heteroatoms. The summed E-state index contributed by atoms with van der Waals surface area (Å²) in [5.41, 5.74) is -1.02. The van der Waals surface area contributed by atoms with Crippen LogP contribution in [0.1, 0.15) is 52.4 Å².